The number of thiazole rings is 1. The highest BCUT2D eigenvalue weighted by molar-refractivity contribution is 7.15. The summed E-state index contributed by atoms with van der Waals surface area (Å²) in [6, 6.07) is 5.57. The van der Waals surface area contributed by atoms with Crippen molar-refractivity contribution in [2.24, 2.45) is 5.84 Å². The number of hydrazine groups is 1. The first-order valence-corrected chi connectivity index (χ1v) is 11.0. The first-order chi connectivity index (χ1) is 13.6. The number of nitrogens with zero attached hydrogens (tertiary/aromatic N) is 3. The standard InChI is InChI=1S/C21H27N4O2S/c22-25(27)18-12-15(13-20(26)24-10-4-5-11-24)8-9-17(18)19-14-23-21(28-19)16-6-2-1-3-7-16/h8-9,12,14,16H,1-7,10-11,13H2,(H2,22,27)/q+1. The minimum atomic E-state index is 0.114. The number of rotatable bonds is 5. The van der Waals surface area contributed by atoms with Crippen LogP contribution < -0.4 is 5.84 Å². The van der Waals surface area contributed by atoms with Gasteiger partial charge in [0.1, 0.15) is 0 Å². The highest BCUT2D eigenvalue weighted by atomic mass is 32.1. The van der Waals surface area contributed by atoms with Crippen molar-refractivity contribution in [2.75, 3.05) is 13.1 Å². The average molecular weight is 400 g/mol. The Bertz CT molecular complexity index is 867. The Hall–Kier alpha value is -2.28. The van der Waals surface area contributed by atoms with Crippen LogP contribution in [0.5, 0.6) is 0 Å². The highest BCUT2D eigenvalue weighted by Gasteiger charge is 2.25. The maximum absolute atomic E-state index is 12.4. The van der Waals surface area contributed by atoms with Crippen molar-refractivity contribution in [3.63, 3.8) is 0 Å². The normalized spacial score (nSPS) is 17.8. The fraction of sp³-hybridized carbons (Fsp3) is 0.524. The van der Waals surface area contributed by atoms with Gasteiger partial charge in [-0.1, -0.05) is 25.3 Å². The summed E-state index contributed by atoms with van der Waals surface area (Å²) in [6.45, 7) is 1.66. The predicted molar refractivity (Wildman–Crippen MR) is 110 cm³/mol. The van der Waals surface area contributed by atoms with Crippen molar-refractivity contribution >= 4 is 22.9 Å². The zero-order valence-electron chi connectivity index (χ0n) is 16.1. The van der Waals surface area contributed by atoms with Crippen LogP contribution in [0.3, 0.4) is 0 Å². The van der Waals surface area contributed by atoms with E-state index in [9.17, 15) is 9.70 Å². The molecule has 1 aromatic heterocycles. The van der Waals surface area contributed by atoms with Crippen molar-refractivity contribution in [1.82, 2.24) is 9.88 Å². The van der Waals surface area contributed by atoms with E-state index in [1.807, 2.05) is 23.2 Å². The summed E-state index contributed by atoms with van der Waals surface area (Å²) in [5.41, 5.74) is 2.00. The number of aromatic nitrogens is 1. The van der Waals surface area contributed by atoms with Crippen LogP contribution in [0.4, 0.5) is 5.69 Å². The third kappa shape index (κ3) is 4.09. The largest absolute Gasteiger partial charge is 0.342 e. The number of benzene rings is 1. The smallest absolute Gasteiger partial charge is 0.300 e. The van der Waals surface area contributed by atoms with Crippen molar-refractivity contribution < 1.29 is 9.66 Å². The van der Waals surface area contributed by atoms with Crippen LogP contribution >= 0.6 is 11.3 Å². The van der Waals surface area contributed by atoms with E-state index in [0.29, 0.717) is 22.9 Å². The minimum Gasteiger partial charge on any atom is -0.342 e. The van der Waals surface area contributed by atoms with E-state index in [1.54, 1.807) is 17.4 Å². The second-order valence-electron chi connectivity index (χ2n) is 7.84. The van der Waals surface area contributed by atoms with E-state index in [0.717, 1.165) is 46.9 Å². The van der Waals surface area contributed by atoms with Crippen molar-refractivity contribution in [2.45, 2.75) is 57.3 Å². The number of carbonyl (C=O) groups is 1. The SMILES string of the molecule is N[N+](=O)c1cc(CC(=O)N2CCCC2)ccc1-c1cnc(C2CCCCC2)s1. The van der Waals surface area contributed by atoms with Gasteiger partial charge >= 0.3 is 5.69 Å². The molecule has 1 aromatic carbocycles. The molecule has 1 aliphatic heterocycles. The Kier molecular flexibility index (Phi) is 5.71. The average Bonchev–Trinajstić information content (AvgIpc) is 3.41. The van der Waals surface area contributed by atoms with Gasteiger partial charge in [-0.25, -0.2) is 4.98 Å². The maximum atomic E-state index is 12.4. The predicted octanol–water partition coefficient (Wildman–Crippen LogP) is 4.31. The molecule has 2 heterocycles. The molecule has 0 unspecified atom stereocenters. The number of hydrogen-bond donors (Lipinski definition) is 1. The van der Waals surface area contributed by atoms with Crippen LogP contribution in [0.15, 0.2) is 24.4 Å². The lowest BCUT2D eigenvalue weighted by atomic mass is 9.90. The van der Waals surface area contributed by atoms with E-state index >= 15 is 0 Å². The van der Waals surface area contributed by atoms with Crippen LogP contribution in [0.1, 0.15) is 61.4 Å². The van der Waals surface area contributed by atoms with Gasteiger partial charge in [-0.3, -0.25) is 4.79 Å². The summed E-state index contributed by atoms with van der Waals surface area (Å²) in [5.74, 6) is 6.24. The van der Waals surface area contributed by atoms with Crippen LogP contribution in [0, 0.1) is 4.91 Å². The molecule has 2 N–H and O–H groups in total. The van der Waals surface area contributed by atoms with Crippen LogP contribution in [-0.4, -0.2) is 33.7 Å². The molecule has 2 aliphatic rings. The van der Waals surface area contributed by atoms with Gasteiger partial charge in [0.25, 0.3) is 0 Å². The molecule has 1 saturated carbocycles. The molecular formula is C21H27N4O2S+. The lowest BCUT2D eigenvalue weighted by Crippen LogP contribution is -2.29. The summed E-state index contributed by atoms with van der Waals surface area (Å²) < 4.78 is 0. The molecule has 0 spiro atoms. The molecule has 7 heteroatoms. The molecule has 148 valence electrons. The number of hydrogen-bond acceptors (Lipinski definition) is 4. The van der Waals surface area contributed by atoms with E-state index in [4.69, 9.17) is 5.84 Å². The summed E-state index contributed by atoms with van der Waals surface area (Å²) in [4.78, 5) is 32.3. The van der Waals surface area contributed by atoms with E-state index < -0.39 is 0 Å². The number of nitroso groups, excluding NO2 is 1. The second-order valence-corrected chi connectivity index (χ2v) is 8.90. The van der Waals surface area contributed by atoms with Gasteiger partial charge in [0.2, 0.25) is 5.91 Å². The second kappa shape index (κ2) is 8.39. The van der Waals surface area contributed by atoms with Gasteiger partial charge in [0.15, 0.2) is 4.87 Å². The Morgan fingerprint density at radius 2 is 1.93 bits per heavy atom. The Labute approximate surface area is 169 Å². The number of amides is 1. The Morgan fingerprint density at radius 1 is 1.18 bits per heavy atom. The van der Waals surface area contributed by atoms with Crippen LogP contribution in [0.25, 0.3) is 10.4 Å². The zero-order chi connectivity index (χ0) is 19.5. The monoisotopic (exact) mass is 399 g/mol. The molecule has 0 radical (unpaired) electrons. The summed E-state index contributed by atoms with van der Waals surface area (Å²) >= 11 is 1.66. The Balaban J connectivity index is 1.56. The first kappa shape index (κ1) is 19.1. The minimum absolute atomic E-state index is 0.114. The van der Waals surface area contributed by atoms with E-state index in [1.165, 1.54) is 32.1 Å². The molecule has 2 aromatic rings. The quantitative estimate of drug-likeness (QED) is 0.462. The fourth-order valence-corrected chi connectivity index (χ4v) is 5.40. The van der Waals surface area contributed by atoms with Gasteiger partial charge in [0, 0.05) is 31.3 Å². The molecular weight excluding hydrogens is 372 g/mol. The van der Waals surface area contributed by atoms with Crippen molar-refractivity contribution in [3.8, 4) is 10.4 Å². The maximum Gasteiger partial charge on any atom is 0.300 e. The first-order valence-electron chi connectivity index (χ1n) is 10.2. The Morgan fingerprint density at radius 3 is 2.64 bits per heavy atom. The third-order valence-corrected chi connectivity index (χ3v) is 7.05. The molecule has 2 fully saturated rings. The third-order valence-electron chi connectivity index (χ3n) is 5.86. The molecule has 1 saturated heterocycles. The van der Waals surface area contributed by atoms with Crippen molar-refractivity contribution in [3.05, 3.63) is 39.9 Å². The summed E-state index contributed by atoms with van der Waals surface area (Å²) in [6.07, 6.45) is 10.5. The molecule has 1 aliphatic carbocycles. The van der Waals surface area contributed by atoms with Crippen LogP contribution in [0.2, 0.25) is 0 Å². The van der Waals surface area contributed by atoms with E-state index in [2.05, 4.69) is 4.98 Å². The molecule has 28 heavy (non-hydrogen) atoms. The van der Waals surface area contributed by atoms with Gasteiger partial charge in [-0.2, -0.15) is 5.84 Å². The van der Waals surface area contributed by atoms with Gasteiger partial charge < -0.3 is 4.90 Å². The summed E-state index contributed by atoms with van der Waals surface area (Å²) in [5, 5.41) is 1.16. The molecule has 0 atom stereocenters. The number of nitrogens with two attached hydrogens (primary N) is 1. The molecule has 4 rings (SSSR count). The number of likely N-dealkylation sites (tertiary alicyclic amines) is 1. The van der Waals surface area contributed by atoms with E-state index in [-0.39, 0.29) is 5.91 Å². The fourth-order valence-electron chi connectivity index (χ4n) is 4.28. The van der Waals surface area contributed by atoms with Gasteiger partial charge in [-0.05, 0) is 37.3 Å². The topological polar surface area (TPSA) is 79.3 Å². The highest BCUT2D eigenvalue weighted by Crippen LogP contribution is 2.39. The lowest BCUT2D eigenvalue weighted by molar-refractivity contribution is -0.474. The zero-order valence-corrected chi connectivity index (χ0v) is 16.9. The molecule has 0 bridgehead atoms. The van der Waals surface area contributed by atoms with Gasteiger partial charge in [-0.15, -0.1) is 11.3 Å². The van der Waals surface area contributed by atoms with Gasteiger partial charge in [0.05, 0.1) is 26.8 Å². The lowest BCUT2D eigenvalue weighted by Gasteiger charge is -2.18. The molecule has 6 nitrogen and oxygen atoms in total. The van der Waals surface area contributed by atoms with Crippen molar-refractivity contribution in [1.29, 1.82) is 0 Å². The number of carbonyl (C=O) groups excluding carboxylic acids is 1. The molecule has 1 amide bonds. The van der Waals surface area contributed by atoms with Crippen LogP contribution in [-0.2, 0) is 11.2 Å². The summed E-state index contributed by atoms with van der Waals surface area (Å²) in [7, 11) is 0.